The zero-order chi connectivity index (χ0) is 14.1. The SMILES string of the molecule is Cc1ccccc1Nc1cc(C)c2ccncc2c1C. The van der Waals surface area contributed by atoms with Crippen molar-refractivity contribution in [1.82, 2.24) is 4.98 Å². The van der Waals surface area contributed by atoms with Crippen molar-refractivity contribution in [1.29, 1.82) is 0 Å². The lowest BCUT2D eigenvalue weighted by Crippen LogP contribution is -1.97. The molecule has 0 saturated heterocycles. The number of rotatable bonds is 2. The van der Waals surface area contributed by atoms with E-state index in [4.69, 9.17) is 0 Å². The van der Waals surface area contributed by atoms with E-state index in [-0.39, 0.29) is 0 Å². The molecule has 1 N–H and O–H groups in total. The standard InChI is InChI=1S/C18H18N2/c1-12-6-4-5-7-17(12)20-18-10-13(2)15-8-9-19-11-16(15)14(18)3/h4-11,20H,1-3H3. The van der Waals surface area contributed by atoms with Gasteiger partial charge in [-0.3, -0.25) is 4.98 Å². The van der Waals surface area contributed by atoms with Gasteiger partial charge in [0.05, 0.1) is 0 Å². The predicted octanol–water partition coefficient (Wildman–Crippen LogP) is 4.90. The first-order chi connectivity index (χ1) is 9.66. The summed E-state index contributed by atoms with van der Waals surface area (Å²) in [6.45, 7) is 6.40. The van der Waals surface area contributed by atoms with E-state index in [1.165, 1.54) is 27.5 Å². The van der Waals surface area contributed by atoms with Gasteiger partial charge in [0.25, 0.3) is 0 Å². The van der Waals surface area contributed by atoms with Crippen molar-refractivity contribution < 1.29 is 0 Å². The van der Waals surface area contributed by atoms with Gasteiger partial charge in [-0.25, -0.2) is 0 Å². The fourth-order valence-corrected chi connectivity index (χ4v) is 2.57. The van der Waals surface area contributed by atoms with Crippen LogP contribution in [0.15, 0.2) is 48.8 Å². The van der Waals surface area contributed by atoms with Crippen LogP contribution in [0.2, 0.25) is 0 Å². The van der Waals surface area contributed by atoms with E-state index >= 15 is 0 Å². The number of hydrogen-bond acceptors (Lipinski definition) is 2. The van der Waals surface area contributed by atoms with Crippen molar-refractivity contribution in [2.24, 2.45) is 0 Å². The molecule has 0 fully saturated rings. The van der Waals surface area contributed by atoms with Crippen molar-refractivity contribution >= 4 is 22.1 Å². The molecule has 3 rings (SSSR count). The number of nitrogens with one attached hydrogen (secondary N) is 1. The lowest BCUT2D eigenvalue weighted by molar-refractivity contribution is 1.33. The highest BCUT2D eigenvalue weighted by atomic mass is 14.9. The van der Waals surface area contributed by atoms with Gasteiger partial charge in [0.2, 0.25) is 0 Å². The third-order valence-corrected chi connectivity index (χ3v) is 3.83. The van der Waals surface area contributed by atoms with E-state index in [1.807, 2.05) is 12.4 Å². The molecule has 20 heavy (non-hydrogen) atoms. The number of aryl methyl sites for hydroxylation is 3. The Morgan fingerprint density at radius 3 is 2.45 bits per heavy atom. The Hall–Kier alpha value is -2.35. The first-order valence-corrected chi connectivity index (χ1v) is 6.83. The second-order valence-electron chi connectivity index (χ2n) is 5.23. The molecular weight excluding hydrogens is 244 g/mol. The minimum absolute atomic E-state index is 1.15. The van der Waals surface area contributed by atoms with Crippen LogP contribution in [0.3, 0.4) is 0 Å². The quantitative estimate of drug-likeness (QED) is 0.710. The summed E-state index contributed by atoms with van der Waals surface area (Å²) >= 11 is 0. The predicted molar refractivity (Wildman–Crippen MR) is 85.7 cm³/mol. The maximum atomic E-state index is 4.25. The van der Waals surface area contributed by atoms with Crippen LogP contribution in [-0.2, 0) is 0 Å². The summed E-state index contributed by atoms with van der Waals surface area (Å²) in [6, 6.07) is 12.6. The number of fused-ring (bicyclic) bond motifs is 1. The number of anilines is 2. The molecule has 0 spiro atoms. The summed E-state index contributed by atoms with van der Waals surface area (Å²) in [5.74, 6) is 0. The van der Waals surface area contributed by atoms with Crippen LogP contribution in [-0.4, -0.2) is 4.98 Å². The van der Waals surface area contributed by atoms with Crippen LogP contribution in [0.5, 0.6) is 0 Å². The van der Waals surface area contributed by atoms with Gasteiger partial charge in [0.15, 0.2) is 0 Å². The van der Waals surface area contributed by atoms with Crippen LogP contribution in [0.4, 0.5) is 11.4 Å². The minimum Gasteiger partial charge on any atom is -0.355 e. The van der Waals surface area contributed by atoms with Crippen molar-refractivity contribution in [2.45, 2.75) is 20.8 Å². The molecule has 2 nitrogen and oxygen atoms in total. The number of benzene rings is 2. The van der Waals surface area contributed by atoms with Crippen molar-refractivity contribution in [2.75, 3.05) is 5.32 Å². The third kappa shape index (κ3) is 2.14. The smallest absolute Gasteiger partial charge is 0.0423 e. The van der Waals surface area contributed by atoms with Crippen LogP contribution >= 0.6 is 0 Å². The largest absolute Gasteiger partial charge is 0.355 e. The monoisotopic (exact) mass is 262 g/mol. The van der Waals surface area contributed by atoms with E-state index < -0.39 is 0 Å². The highest BCUT2D eigenvalue weighted by Crippen LogP contribution is 2.30. The Kier molecular flexibility index (Phi) is 3.15. The zero-order valence-electron chi connectivity index (χ0n) is 12.1. The molecule has 100 valence electrons. The van der Waals surface area contributed by atoms with Crippen LogP contribution in [0.25, 0.3) is 10.8 Å². The number of aromatic nitrogens is 1. The summed E-state index contributed by atoms with van der Waals surface area (Å²) < 4.78 is 0. The maximum Gasteiger partial charge on any atom is 0.0423 e. The van der Waals surface area contributed by atoms with Crippen LogP contribution < -0.4 is 5.32 Å². The normalized spacial score (nSPS) is 10.8. The van der Waals surface area contributed by atoms with Gasteiger partial charge in [0, 0.05) is 29.2 Å². The first-order valence-electron chi connectivity index (χ1n) is 6.83. The van der Waals surface area contributed by atoms with E-state index in [1.54, 1.807) is 0 Å². The Balaban J connectivity index is 2.13. The summed E-state index contributed by atoms with van der Waals surface area (Å²) in [5, 5.41) is 6.03. The Morgan fingerprint density at radius 1 is 0.850 bits per heavy atom. The number of para-hydroxylation sites is 1. The molecule has 2 aromatic carbocycles. The van der Waals surface area contributed by atoms with Crippen LogP contribution in [0, 0.1) is 20.8 Å². The number of nitrogens with zero attached hydrogens (tertiary/aromatic N) is 1. The van der Waals surface area contributed by atoms with E-state index in [0.717, 1.165) is 11.4 Å². The summed E-state index contributed by atoms with van der Waals surface area (Å²) in [6.07, 6.45) is 3.80. The average molecular weight is 262 g/mol. The van der Waals surface area contributed by atoms with Gasteiger partial charge in [-0.15, -0.1) is 0 Å². The fourth-order valence-electron chi connectivity index (χ4n) is 2.57. The molecule has 0 radical (unpaired) electrons. The molecule has 1 aromatic heterocycles. The zero-order valence-corrected chi connectivity index (χ0v) is 12.1. The van der Waals surface area contributed by atoms with E-state index in [2.05, 4.69) is 67.5 Å². The lowest BCUT2D eigenvalue weighted by atomic mass is 10.0. The van der Waals surface area contributed by atoms with Gasteiger partial charge in [-0.05, 0) is 61.0 Å². The molecule has 0 saturated carbocycles. The Bertz CT molecular complexity index is 775. The van der Waals surface area contributed by atoms with Crippen molar-refractivity contribution in [3.8, 4) is 0 Å². The third-order valence-electron chi connectivity index (χ3n) is 3.83. The second-order valence-corrected chi connectivity index (χ2v) is 5.23. The maximum absolute atomic E-state index is 4.25. The van der Waals surface area contributed by atoms with Gasteiger partial charge in [-0.1, -0.05) is 18.2 Å². The molecule has 0 atom stereocenters. The first kappa shape index (κ1) is 12.7. The molecule has 0 aliphatic carbocycles. The molecule has 0 aliphatic heterocycles. The second kappa shape index (κ2) is 4.97. The molecular formula is C18H18N2. The Morgan fingerprint density at radius 2 is 1.65 bits per heavy atom. The van der Waals surface area contributed by atoms with Gasteiger partial charge in [0.1, 0.15) is 0 Å². The summed E-state index contributed by atoms with van der Waals surface area (Å²) in [5.41, 5.74) is 6.05. The molecule has 0 aliphatic rings. The van der Waals surface area contributed by atoms with Gasteiger partial charge in [-0.2, -0.15) is 0 Å². The van der Waals surface area contributed by atoms with Crippen molar-refractivity contribution in [3.63, 3.8) is 0 Å². The molecule has 1 heterocycles. The Labute approximate surface area is 119 Å². The minimum atomic E-state index is 1.15. The van der Waals surface area contributed by atoms with E-state index in [0.29, 0.717) is 0 Å². The molecule has 0 amide bonds. The molecule has 3 aromatic rings. The summed E-state index contributed by atoms with van der Waals surface area (Å²) in [4.78, 5) is 4.25. The topological polar surface area (TPSA) is 24.9 Å². The lowest BCUT2D eigenvalue weighted by Gasteiger charge is -2.15. The van der Waals surface area contributed by atoms with Crippen molar-refractivity contribution in [3.05, 3.63) is 65.5 Å². The molecule has 0 unspecified atom stereocenters. The highest BCUT2D eigenvalue weighted by molar-refractivity contribution is 5.92. The van der Waals surface area contributed by atoms with Crippen LogP contribution in [0.1, 0.15) is 16.7 Å². The molecule has 2 heteroatoms. The number of hydrogen-bond donors (Lipinski definition) is 1. The van der Waals surface area contributed by atoms with E-state index in [9.17, 15) is 0 Å². The number of pyridine rings is 1. The highest BCUT2D eigenvalue weighted by Gasteiger charge is 2.07. The van der Waals surface area contributed by atoms with Gasteiger partial charge >= 0.3 is 0 Å². The average Bonchev–Trinajstić information content (AvgIpc) is 2.47. The molecule has 0 bridgehead atoms. The fraction of sp³-hybridized carbons (Fsp3) is 0.167. The van der Waals surface area contributed by atoms with Gasteiger partial charge < -0.3 is 5.32 Å². The summed E-state index contributed by atoms with van der Waals surface area (Å²) in [7, 11) is 0.